The number of amidine groups is 1. The molecule has 1 aliphatic heterocycles. The van der Waals surface area contributed by atoms with E-state index < -0.39 is 21.9 Å². The number of amides is 1. The van der Waals surface area contributed by atoms with Gasteiger partial charge in [0.1, 0.15) is 10.6 Å². The van der Waals surface area contributed by atoms with Crippen molar-refractivity contribution in [3.8, 4) is 5.75 Å². The molecular formula is C28H29N5O6S. The molecule has 0 aliphatic carbocycles. The smallest absolute Gasteiger partial charge is 0.337 e. The Kier molecular flexibility index (Phi) is 8.19. The van der Waals surface area contributed by atoms with Crippen LogP contribution in [0.1, 0.15) is 22.8 Å². The molecular weight excluding hydrogens is 534 g/mol. The molecule has 12 heteroatoms. The Bertz CT molecular complexity index is 1650. The monoisotopic (exact) mass is 563 g/mol. The van der Waals surface area contributed by atoms with Crippen LogP contribution in [0.5, 0.6) is 5.75 Å². The summed E-state index contributed by atoms with van der Waals surface area (Å²) in [5.41, 5.74) is 2.31. The molecule has 0 atom stereocenters. The lowest BCUT2D eigenvalue weighted by Crippen LogP contribution is -2.44. The van der Waals surface area contributed by atoms with E-state index >= 15 is 0 Å². The van der Waals surface area contributed by atoms with Crippen molar-refractivity contribution in [1.29, 1.82) is 0 Å². The van der Waals surface area contributed by atoms with E-state index in [1.165, 1.54) is 45.5 Å². The maximum absolute atomic E-state index is 13.9. The van der Waals surface area contributed by atoms with Crippen LogP contribution in [0.25, 0.3) is 0 Å². The van der Waals surface area contributed by atoms with Crippen LogP contribution in [0, 0.1) is 6.92 Å². The summed E-state index contributed by atoms with van der Waals surface area (Å²) in [4.78, 5) is 35.1. The number of nitrogens with zero attached hydrogens (tertiary/aromatic N) is 3. The molecule has 0 fully saturated rings. The van der Waals surface area contributed by atoms with Gasteiger partial charge in [-0.2, -0.15) is 0 Å². The first-order valence-corrected chi connectivity index (χ1v) is 13.7. The number of benzene rings is 3. The number of ether oxygens (including phenoxy) is 2. The Morgan fingerprint density at radius 1 is 1.05 bits per heavy atom. The highest BCUT2D eigenvalue weighted by Gasteiger charge is 2.36. The Morgan fingerprint density at radius 3 is 2.48 bits per heavy atom. The fraction of sp³-hybridized carbons (Fsp3) is 0.214. The number of carbonyl (C=O) groups is 2. The minimum Gasteiger partial charge on any atom is -0.495 e. The average Bonchev–Trinajstić information content (AvgIpc) is 2.94. The van der Waals surface area contributed by atoms with E-state index in [0.29, 0.717) is 5.69 Å². The highest BCUT2D eigenvalue weighted by molar-refractivity contribution is 7.90. The summed E-state index contributed by atoms with van der Waals surface area (Å²) >= 11 is 0. The second-order valence-corrected chi connectivity index (χ2v) is 10.7. The number of aryl methyl sites for hydroxylation is 1. The van der Waals surface area contributed by atoms with Crippen LogP contribution >= 0.6 is 0 Å². The summed E-state index contributed by atoms with van der Waals surface area (Å²) in [6.45, 7) is 4.53. The molecule has 2 N–H and O–H groups in total. The quantitative estimate of drug-likeness (QED) is 0.308. The van der Waals surface area contributed by atoms with Gasteiger partial charge in [0.15, 0.2) is 11.5 Å². The maximum atomic E-state index is 13.9. The zero-order chi connectivity index (χ0) is 29.0. The zero-order valence-electron chi connectivity index (χ0n) is 22.7. The third kappa shape index (κ3) is 5.52. The van der Waals surface area contributed by atoms with Gasteiger partial charge >= 0.3 is 5.97 Å². The van der Waals surface area contributed by atoms with Crippen molar-refractivity contribution < 1.29 is 27.5 Å². The largest absolute Gasteiger partial charge is 0.495 e. The second-order valence-electron chi connectivity index (χ2n) is 8.73. The average molecular weight is 564 g/mol. The van der Waals surface area contributed by atoms with E-state index in [1.54, 1.807) is 24.3 Å². The van der Waals surface area contributed by atoms with Crippen LogP contribution in [-0.4, -0.2) is 64.0 Å². The first-order valence-electron chi connectivity index (χ1n) is 12.3. The van der Waals surface area contributed by atoms with Gasteiger partial charge in [-0.3, -0.25) is 9.10 Å². The lowest BCUT2D eigenvalue weighted by atomic mass is 10.1. The van der Waals surface area contributed by atoms with Gasteiger partial charge in [0, 0.05) is 19.3 Å². The van der Waals surface area contributed by atoms with E-state index in [1.807, 2.05) is 26.0 Å². The third-order valence-electron chi connectivity index (χ3n) is 6.13. The number of anilines is 2. The number of esters is 1. The third-order valence-corrected chi connectivity index (χ3v) is 7.93. The van der Waals surface area contributed by atoms with Crippen molar-refractivity contribution in [2.75, 3.05) is 38.4 Å². The molecule has 0 saturated heterocycles. The van der Waals surface area contributed by atoms with Gasteiger partial charge in [0.05, 0.1) is 36.8 Å². The SMILES string of the molecule is CCNc1ccc(/N=C(\C(=O)Nc2cc(C(=O)OC)ccc2OC)C2=Nc3ccccc3S(=O)(=O)N2C)c(C)c1. The van der Waals surface area contributed by atoms with E-state index in [4.69, 9.17) is 9.47 Å². The summed E-state index contributed by atoms with van der Waals surface area (Å²) in [6.07, 6.45) is 0. The van der Waals surface area contributed by atoms with E-state index in [0.717, 1.165) is 22.1 Å². The molecule has 0 saturated carbocycles. The summed E-state index contributed by atoms with van der Waals surface area (Å²) in [6, 6.07) is 16.1. The van der Waals surface area contributed by atoms with Gasteiger partial charge in [-0.05, 0) is 67.9 Å². The molecule has 3 aromatic rings. The fourth-order valence-corrected chi connectivity index (χ4v) is 5.34. The van der Waals surface area contributed by atoms with E-state index in [2.05, 4.69) is 20.6 Å². The van der Waals surface area contributed by atoms with Gasteiger partial charge in [-0.25, -0.2) is 23.2 Å². The molecule has 1 heterocycles. The van der Waals surface area contributed by atoms with Crippen LogP contribution in [0.3, 0.4) is 0 Å². The van der Waals surface area contributed by atoms with Crippen LogP contribution in [-0.2, 0) is 19.6 Å². The summed E-state index contributed by atoms with van der Waals surface area (Å²) in [7, 11) is -0.0573. The van der Waals surface area contributed by atoms with Crippen molar-refractivity contribution in [2.45, 2.75) is 18.7 Å². The summed E-state index contributed by atoms with van der Waals surface area (Å²) in [5.74, 6) is -1.28. The van der Waals surface area contributed by atoms with Crippen molar-refractivity contribution in [1.82, 2.24) is 4.31 Å². The lowest BCUT2D eigenvalue weighted by Gasteiger charge is -2.27. The van der Waals surface area contributed by atoms with E-state index in [-0.39, 0.29) is 39.1 Å². The molecule has 0 unspecified atom stereocenters. The van der Waals surface area contributed by atoms with Crippen molar-refractivity contribution in [3.05, 3.63) is 71.8 Å². The van der Waals surface area contributed by atoms with Crippen molar-refractivity contribution >= 4 is 56.2 Å². The Hall–Kier alpha value is -4.71. The van der Waals surface area contributed by atoms with Gasteiger partial charge < -0.3 is 20.1 Å². The lowest BCUT2D eigenvalue weighted by molar-refractivity contribution is -0.110. The molecule has 1 amide bonds. The van der Waals surface area contributed by atoms with Crippen molar-refractivity contribution in [2.24, 2.45) is 9.98 Å². The second kappa shape index (κ2) is 11.6. The highest BCUT2D eigenvalue weighted by Crippen LogP contribution is 2.33. The number of para-hydroxylation sites is 1. The summed E-state index contributed by atoms with van der Waals surface area (Å²) in [5, 5.41) is 5.92. The first kappa shape index (κ1) is 28.3. The number of nitrogens with one attached hydrogen (secondary N) is 2. The van der Waals surface area contributed by atoms with Crippen molar-refractivity contribution in [3.63, 3.8) is 0 Å². The number of fused-ring (bicyclic) bond motifs is 1. The van der Waals surface area contributed by atoms with Crippen LogP contribution in [0.15, 0.2) is 75.5 Å². The minimum absolute atomic E-state index is 0.0135. The molecule has 40 heavy (non-hydrogen) atoms. The van der Waals surface area contributed by atoms with Crippen LogP contribution < -0.4 is 15.4 Å². The number of aliphatic imine (C=N–C) groups is 2. The maximum Gasteiger partial charge on any atom is 0.337 e. The molecule has 0 spiro atoms. The molecule has 3 aromatic carbocycles. The predicted octanol–water partition coefficient (Wildman–Crippen LogP) is 4.30. The molecule has 0 radical (unpaired) electrons. The Labute approximate surface area is 232 Å². The van der Waals surface area contributed by atoms with Gasteiger partial charge in [-0.15, -0.1) is 0 Å². The molecule has 4 rings (SSSR count). The predicted molar refractivity (Wildman–Crippen MR) is 154 cm³/mol. The molecule has 11 nitrogen and oxygen atoms in total. The number of methoxy groups -OCH3 is 2. The minimum atomic E-state index is -4.03. The molecule has 1 aliphatic rings. The summed E-state index contributed by atoms with van der Waals surface area (Å²) < 4.78 is 37.8. The Morgan fingerprint density at radius 2 is 1.80 bits per heavy atom. The molecule has 0 aromatic heterocycles. The first-order chi connectivity index (χ1) is 19.1. The fourth-order valence-electron chi connectivity index (χ4n) is 4.07. The molecule has 0 bridgehead atoms. The highest BCUT2D eigenvalue weighted by atomic mass is 32.2. The number of sulfonamides is 1. The standard InChI is InChI=1S/C28H29N5O6S/c1-6-29-19-12-13-20(17(2)15-19)30-25(26-31-21-9-7-8-10-24(21)40(36,37)33(26)3)27(34)32-22-16-18(28(35)39-5)11-14-23(22)38-4/h7-16,29H,6H2,1-5H3,(H,32,34)/b30-25-. The normalized spacial score (nSPS) is 14.1. The van der Waals surface area contributed by atoms with E-state index in [9.17, 15) is 18.0 Å². The molecule has 208 valence electrons. The number of carbonyl (C=O) groups excluding carboxylic acids is 2. The Balaban J connectivity index is 1.87. The van der Waals surface area contributed by atoms with Gasteiger partial charge in [-0.1, -0.05) is 12.1 Å². The van der Waals surface area contributed by atoms with Gasteiger partial charge in [0.2, 0.25) is 0 Å². The number of rotatable bonds is 8. The zero-order valence-corrected chi connectivity index (χ0v) is 23.5. The topological polar surface area (TPSA) is 139 Å². The number of hydrogen-bond acceptors (Lipinski definition) is 9. The number of hydrogen-bond donors (Lipinski definition) is 2. The van der Waals surface area contributed by atoms with Crippen LogP contribution in [0.2, 0.25) is 0 Å². The van der Waals surface area contributed by atoms with Crippen LogP contribution in [0.4, 0.5) is 22.7 Å². The van der Waals surface area contributed by atoms with Gasteiger partial charge in [0.25, 0.3) is 15.9 Å².